The first-order valence-electron chi connectivity index (χ1n) is 33.9. The van der Waals surface area contributed by atoms with Crippen LogP contribution in [0, 0.1) is 5.92 Å². The van der Waals surface area contributed by atoms with E-state index in [0.29, 0.717) is 19.3 Å². The van der Waals surface area contributed by atoms with Crippen molar-refractivity contribution in [3.05, 3.63) is 0 Å². The van der Waals surface area contributed by atoms with Gasteiger partial charge in [0, 0.05) is 19.3 Å². The summed E-state index contributed by atoms with van der Waals surface area (Å²) in [5, 5.41) is 0. The lowest BCUT2D eigenvalue weighted by Crippen LogP contribution is -2.30. The van der Waals surface area contributed by atoms with Crippen LogP contribution in [0.15, 0.2) is 0 Å². The number of hydrogen-bond acceptors (Lipinski definition) is 6. The summed E-state index contributed by atoms with van der Waals surface area (Å²) in [6.45, 7) is 9.11. The minimum absolute atomic E-state index is 0.0607. The minimum atomic E-state index is -0.763. The molecule has 74 heavy (non-hydrogen) atoms. The Hall–Kier alpha value is -1.59. The van der Waals surface area contributed by atoms with Gasteiger partial charge in [0.1, 0.15) is 13.2 Å². The van der Waals surface area contributed by atoms with Crippen molar-refractivity contribution in [2.45, 2.75) is 400 Å². The molecule has 0 saturated carbocycles. The molecule has 0 spiro atoms. The van der Waals surface area contributed by atoms with Gasteiger partial charge in [-0.25, -0.2) is 0 Å². The Morgan fingerprint density at radius 1 is 0.257 bits per heavy atom. The van der Waals surface area contributed by atoms with Crippen molar-refractivity contribution in [3.8, 4) is 0 Å². The maximum absolute atomic E-state index is 12.9. The van der Waals surface area contributed by atoms with Gasteiger partial charge in [-0.3, -0.25) is 14.4 Å². The normalized spacial score (nSPS) is 12.0. The Morgan fingerprint density at radius 3 is 0.662 bits per heavy atom. The van der Waals surface area contributed by atoms with Crippen LogP contribution >= 0.6 is 0 Å². The molecule has 0 aromatic rings. The third kappa shape index (κ3) is 61.3. The van der Waals surface area contributed by atoms with Crippen LogP contribution in [0.25, 0.3) is 0 Å². The van der Waals surface area contributed by atoms with Crippen molar-refractivity contribution < 1.29 is 28.6 Å². The molecule has 0 unspecified atom stereocenters. The molecule has 0 saturated heterocycles. The van der Waals surface area contributed by atoms with Gasteiger partial charge in [-0.2, -0.15) is 0 Å². The second kappa shape index (κ2) is 62.3. The summed E-state index contributed by atoms with van der Waals surface area (Å²) in [7, 11) is 0. The van der Waals surface area contributed by atoms with Crippen molar-refractivity contribution >= 4 is 17.9 Å². The van der Waals surface area contributed by atoms with Crippen LogP contribution in [0.1, 0.15) is 394 Å². The average Bonchev–Trinajstić information content (AvgIpc) is 3.39. The van der Waals surface area contributed by atoms with Crippen molar-refractivity contribution in [2.24, 2.45) is 5.92 Å². The van der Waals surface area contributed by atoms with Gasteiger partial charge in [0.25, 0.3) is 0 Å². The first-order chi connectivity index (χ1) is 36.4. The van der Waals surface area contributed by atoms with E-state index in [9.17, 15) is 14.4 Å². The molecule has 0 rings (SSSR count). The summed E-state index contributed by atoms with van der Waals surface area (Å²) in [6, 6.07) is 0. The number of rotatable bonds is 63. The summed E-state index contributed by atoms with van der Waals surface area (Å²) >= 11 is 0. The highest BCUT2D eigenvalue weighted by molar-refractivity contribution is 5.71. The maximum atomic E-state index is 12.9. The van der Waals surface area contributed by atoms with Gasteiger partial charge >= 0.3 is 17.9 Å². The van der Waals surface area contributed by atoms with Gasteiger partial charge in [-0.05, 0) is 25.2 Å². The Kier molecular flexibility index (Phi) is 60.9. The molecule has 0 aromatic heterocycles. The summed E-state index contributed by atoms with van der Waals surface area (Å²) in [5.74, 6) is 0.0301. The topological polar surface area (TPSA) is 78.9 Å². The first-order valence-corrected chi connectivity index (χ1v) is 33.9. The standard InChI is InChI=1S/C68H132O6/c1-5-7-9-11-13-15-17-19-21-23-25-27-31-35-39-43-47-51-55-59-66(69)72-62-65(74-68(71)61-57-53-49-45-41-37-33-26-24-22-20-18-16-14-12-10-8-6-2)63-73-67(70)60-56-52-48-44-40-36-32-29-28-30-34-38-42-46-50-54-58-64(3)4/h64-65H,5-63H2,1-4H3/t65-/m0/s1. The molecule has 0 N–H and O–H groups in total. The third-order valence-electron chi connectivity index (χ3n) is 15.8. The van der Waals surface area contributed by atoms with Gasteiger partial charge in [0.2, 0.25) is 0 Å². The molecular weight excluding hydrogens is 913 g/mol. The molecule has 0 aliphatic heterocycles. The van der Waals surface area contributed by atoms with Gasteiger partial charge in [0.05, 0.1) is 0 Å². The average molecular weight is 1050 g/mol. The number of carbonyl (C=O) groups excluding carboxylic acids is 3. The van der Waals surface area contributed by atoms with E-state index in [2.05, 4.69) is 27.7 Å². The molecule has 440 valence electrons. The van der Waals surface area contributed by atoms with Gasteiger partial charge < -0.3 is 14.2 Å². The monoisotopic (exact) mass is 1050 g/mol. The lowest BCUT2D eigenvalue weighted by Gasteiger charge is -2.18. The zero-order valence-corrected chi connectivity index (χ0v) is 50.8. The smallest absolute Gasteiger partial charge is 0.306 e. The summed E-state index contributed by atoms with van der Waals surface area (Å²) in [6.07, 6.45) is 71.1. The predicted molar refractivity (Wildman–Crippen MR) is 321 cm³/mol. The Bertz CT molecular complexity index is 1120. The molecule has 0 amide bonds. The molecule has 0 aromatic carbocycles. The molecule has 0 aliphatic rings. The lowest BCUT2D eigenvalue weighted by atomic mass is 10.0. The van der Waals surface area contributed by atoms with Crippen molar-refractivity contribution in [3.63, 3.8) is 0 Å². The minimum Gasteiger partial charge on any atom is -0.462 e. The highest BCUT2D eigenvalue weighted by atomic mass is 16.6. The lowest BCUT2D eigenvalue weighted by molar-refractivity contribution is -0.167. The van der Waals surface area contributed by atoms with Gasteiger partial charge in [-0.1, -0.05) is 355 Å². The van der Waals surface area contributed by atoms with Crippen LogP contribution < -0.4 is 0 Å². The van der Waals surface area contributed by atoms with Crippen LogP contribution in [0.4, 0.5) is 0 Å². The zero-order valence-electron chi connectivity index (χ0n) is 50.8. The second-order valence-corrected chi connectivity index (χ2v) is 23.9. The highest BCUT2D eigenvalue weighted by Crippen LogP contribution is 2.19. The van der Waals surface area contributed by atoms with E-state index in [1.165, 1.54) is 289 Å². The van der Waals surface area contributed by atoms with E-state index in [1.807, 2.05) is 0 Å². The van der Waals surface area contributed by atoms with E-state index < -0.39 is 6.10 Å². The summed E-state index contributed by atoms with van der Waals surface area (Å²) < 4.78 is 17.0. The molecule has 0 fully saturated rings. The van der Waals surface area contributed by atoms with Crippen LogP contribution in [0.2, 0.25) is 0 Å². The van der Waals surface area contributed by atoms with E-state index in [-0.39, 0.29) is 31.1 Å². The quantitative estimate of drug-likeness (QED) is 0.0343. The summed E-state index contributed by atoms with van der Waals surface area (Å²) in [4.78, 5) is 38.4. The van der Waals surface area contributed by atoms with Crippen LogP contribution in [0.5, 0.6) is 0 Å². The van der Waals surface area contributed by atoms with E-state index in [0.717, 1.165) is 63.7 Å². The number of unbranched alkanes of at least 4 members (excludes halogenated alkanes) is 50. The van der Waals surface area contributed by atoms with Gasteiger partial charge in [-0.15, -0.1) is 0 Å². The fourth-order valence-electron chi connectivity index (χ4n) is 10.7. The molecule has 0 heterocycles. The Morgan fingerprint density at radius 2 is 0.446 bits per heavy atom. The van der Waals surface area contributed by atoms with Crippen LogP contribution in [0.3, 0.4) is 0 Å². The van der Waals surface area contributed by atoms with Crippen molar-refractivity contribution in [1.29, 1.82) is 0 Å². The highest BCUT2D eigenvalue weighted by Gasteiger charge is 2.19. The molecule has 1 atom stereocenters. The van der Waals surface area contributed by atoms with Crippen molar-refractivity contribution in [1.82, 2.24) is 0 Å². The third-order valence-corrected chi connectivity index (χ3v) is 15.8. The molecular formula is C68H132O6. The number of carbonyl (C=O) groups is 3. The second-order valence-electron chi connectivity index (χ2n) is 23.9. The Labute approximate surface area is 463 Å². The molecule has 0 radical (unpaired) electrons. The SMILES string of the molecule is CCCCCCCCCCCCCCCCCCCCCC(=O)OC[C@@H](COC(=O)CCCCCCCCCCCCCCCCCCC(C)C)OC(=O)CCCCCCCCCCCCCCCCCCCC. The number of esters is 3. The van der Waals surface area contributed by atoms with Crippen LogP contribution in [-0.4, -0.2) is 37.2 Å². The molecule has 0 bridgehead atoms. The first kappa shape index (κ1) is 72.4. The fourth-order valence-corrected chi connectivity index (χ4v) is 10.7. The van der Waals surface area contributed by atoms with E-state index in [4.69, 9.17) is 14.2 Å². The molecule has 6 heteroatoms. The van der Waals surface area contributed by atoms with Crippen LogP contribution in [-0.2, 0) is 28.6 Å². The number of ether oxygens (including phenoxy) is 3. The van der Waals surface area contributed by atoms with E-state index >= 15 is 0 Å². The van der Waals surface area contributed by atoms with Crippen molar-refractivity contribution in [2.75, 3.05) is 13.2 Å². The fraction of sp³-hybridized carbons (Fsp3) is 0.956. The molecule has 6 nitrogen and oxygen atoms in total. The zero-order chi connectivity index (χ0) is 53.7. The Balaban J connectivity index is 4.28. The summed E-state index contributed by atoms with van der Waals surface area (Å²) in [5.41, 5.74) is 0. The maximum Gasteiger partial charge on any atom is 0.306 e. The van der Waals surface area contributed by atoms with Gasteiger partial charge in [0.15, 0.2) is 6.10 Å². The predicted octanol–water partition coefficient (Wildman–Crippen LogP) is 22.9. The molecule has 0 aliphatic carbocycles. The largest absolute Gasteiger partial charge is 0.462 e. The number of hydrogen-bond donors (Lipinski definition) is 0. The van der Waals surface area contributed by atoms with E-state index in [1.54, 1.807) is 0 Å².